The minimum absolute atomic E-state index is 0.0651. The highest BCUT2D eigenvalue weighted by Crippen LogP contribution is 2.42. The topological polar surface area (TPSA) is 54.9 Å². The van der Waals surface area contributed by atoms with Gasteiger partial charge in [-0.3, -0.25) is 4.79 Å². The van der Waals surface area contributed by atoms with Gasteiger partial charge in [-0.15, -0.1) is 0 Å². The van der Waals surface area contributed by atoms with Gasteiger partial charge in [0.1, 0.15) is 10.6 Å². The van der Waals surface area contributed by atoms with E-state index in [1.54, 1.807) is 0 Å². The van der Waals surface area contributed by atoms with Crippen LogP contribution in [0.15, 0.2) is 24.3 Å². The van der Waals surface area contributed by atoms with Gasteiger partial charge >= 0.3 is 0 Å². The molecule has 0 unspecified atom stereocenters. The number of carbonyl (C=O) groups is 1. The number of nitrogens with zero attached hydrogens (tertiary/aromatic N) is 3. The molecule has 2 fully saturated rings. The number of hydrogen-bond acceptors (Lipinski definition) is 6. The van der Waals surface area contributed by atoms with Gasteiger partial charge in [0.15, 0.2) is 5.13 Å². The second kappa shape index (κ2) is 6.49. The van der Waals surface area contributed by atoms with E-state index >= 15 is 0 Å². The molecule has 4 heterocycles. The van der Waals surface area contributed by atoms with Crippen molar-refractivity contribution in [3.8, 4) is 5.75 Å². The predicted molar refractivity (Wildman–Crippen MR) is 104 cm³/mol. The van der Waals surface area contributed by atoms with E-state index in [-0.39, 0.29) is 11.3 Å². The highest BCUT2D eigenvalue weighted by atomic mass is 32.1. The number of morpholine rings is 1. The first-order valence-electron chi connectivity index (χ1n) is 9.44. The summed E-state index contributed by atoms with van der Waals surface area (Å²) in [6, 6.07) is 8.21. The number of para-hydroxylation sites is 1. The van der Waals surface area contributed by atoms with E-state index in [2.05, 4.69) is 22.0 Å². The maximum atomic E-state index is 13.0. The maximum absolute atomic E-state index is 13.0. The SMILES string of the molecule is Cc1nc(N2CCOCC2)sc1C(=O)N1CC2(COc3ccccc3C2)C1. The third-order valence-corrected chi connectivity index (χ3v) is 6.88. The largest absolute Gasteiger partial charge is 0.493 e. The van der Waals surface area contributed by atoms with E-state index in [0.717, 1.165) is 67.3 Å². The van der Waals surface area contributed by atoms with E-state index in [0.29, 0.717) is 6.61 Å². The van der Waals surface area contributed by atoms with Crippen molar-refractivity contribution in [1.82, 2.24) is 9.88 Å². The summed E-state index contributed by atoms with van der Waals surface area (Å²) in [5.74, 6) is 1.09. The fourth-order valence-corrected chi connectivity index (χ4v) is 5.29. The average Bonchev–Trinajstić information content (AvgIpc) is 3.07. The summed E-state index contributed by atoms with van der Waals surface area (Å²) in [6.07, 6.45) is 0.980. The number of ether oxygens (including phenoxy) is 2. The Hall–Kier alpha value is -2.12. The van der Waals surface area contributed by atoms with Crippen LogP contribution < -0.4 is 9.64 Å². The summed E-state index contributed by atoms with van der Waals surface area (Å²) in [5.41, 5.74) is 2.15. The van der Waals surface area contributed by atoms with Crippen LogP contribution in [0.4, 0.5) is 5.13 Å². The fourth-order valence-electron chi connectivity index (χ4n) is 4.20. The molecule has 1 aromatic heterocycles. The summed E-state index contributed by atoms with van der Waals surface area (Å²) in [4.78, 5) is 22.6. The second-order valence-electron chi connectivity index (χ2n) is 7.74. The lowest BCUT2D eigenvalue weighted by molar-refractivity contribution is -0.0288. The lowest BCUT2D eigenvalue weighted by atomic mass is 9.74. The van der Waals surface area contributed by atoms with Crippen LogP contribution in [-0.4, -0.2) is 61.8 Å². The predicted octanol–water partition coefficient (Wildman–Crippen LogP) is 2.37. The van der Waals surface area contributed by atoms with Crippen molar-refractivity contribution in [2.45, 2.75) is 13.3 Å². The van der Waals surface area contributed by atoms with Crippen LogP contribution in [-0.2, 0) is 11.2 Å². The number of thiazole rings is 1. The van der Waals surface area contributed by atoms with Crippen LogP contribution in [0.1, 0.15) is 20.9 Å². The van der Waals surface area contributed by atoms with E-state index < -0.39 is 0 Å². The molecule has 1 aromatic carbocycles. The molecule has 3 aliphatic heterocycles. The van der Waals surface area contributed by atoms with Crippen molar-refractivity contribution >= 4 is 22.4 Å². The standard InChI is InChI=1S/C20H23N3O3S/c1-14-17(27-19(21-14)22-6-8-25-9-7-22)18(24)23-11-20(12-23)10-15-4-2-3-5-16(15)26-13-20/h2-5H,6-13H2,1H3. The van der Waals surface area contributed by atoms with E-state index in [1.807, 2.05) is 24.0 Å². The maximum Gasteiger partial charge on any atom is 0.265 e. The molecular weight excluding hydrogens is 362 g/mol. The van der Waals surface area contributed by atoms with Crippen LogP contribution in [0.25, 0.3) is 0 Å². The zero-order chi connectivity index (χ0) is 18.4. The Morgan fingerprint density at radius 2 is 2.00 bits per heavy atom. The molecule has 0 radical (unpaired) electrons. The quantitative estimate of drug-likeness (QED) is 0.794. The van der Waals surface area contributed by atoms with Gasteiger partial charge in [-0.25, -0.2) is 4.98 Å². The lowest BCUT2D eigenvalue weighted by Crippen LogP contribution is -2.62. The molecule has 0 aliphatic carbocycles. The Labute approximate surface area is 162 Å². The van der Waals surface area contributed by atoms with Crippen LogP contribution in [0.5, 0.6) is 5.75 Å². The molecule has 0 atom stereocenters. The average molecular weight is 385 g/mol. The molecule has 0 saturated carbocycles. The summed E-state index contributed by atoms with van der Waals surface area (Å²) in [5, 5.41) is 0.935. The number of aryl methyl sites for hydroxylation is 1. The first kappa shape index (κ1) is 17.0. The Kier molecular flexibility index (Phi) is 4.09. The number of carbonyl (C=O) groups excluding carboxylic acids is 1. The van der Waals surface area contributed by atoms with Crippen molar-refractivity contribution in [2.75, 3.05) is 50.9 Å². The Bertz CT molecular complexity index is 869. The smallest absolute Gasteiger partial charge is 0.265 e. The highest BCUT2D eigenvalue weighted by molar-refractivity contribution is 7.17. The summed E-state index contributed by atoms with van der Waals surface area (Å²) >= 11 is 1.51. The lowest BCUT2D eigenvalue weighted by Gasteiger charge is -2.51. The van der Waals surface area contributed by atoms with Crippen LogP contribution in [0.3, 0.4) is 0 Å². The number of amides is 1. The molecule has 2 saturated heterocycles. The van der Waals surface area contributed by atoms with Crippen LogP contribution in [0.2, 0.25) is 0 Å². The molecule has 1 amide bonds. The summed E-state index contributed by atoms with van der Waals surface area (Å²) in [7, 11) is 0. The Morgan fingerprint density at radius 3 is 2.81 bits per heavy atom. The highest BCUT2D eigenvalue weighted by Gasteiger charge is 2.48. The molecular formula is C20H23N3O3S. The van der Waals surface area contributed by atoms with Gasteiger partial charge in [0.2, 0.25) is 0 Å². The monoisotopic (exact) mass is 385 g/mol. The van der Waals surface area contributed by atoms with Crippen molar-refractivity contribution in [3.63, 3.8) is 0 Å². The van der Waals surface area contributed by atoms with E-state index in [9.17, 15) is 4.79 Å². The first-order valence-corrected chi connectivity index (χ1v) is 10.3. The molecule has 0 N–H and O–H groups in total. The summed E-state index contributed by atoms with van der Waals surface area (Å²) in [6.45, 7) is 7.25. The molecule has 3 aliphatic rings. The minimum Gasteiger partial charge on any atom is -0.493 e. The fraction of sp³-hybridized carbons (Fsp3) is 0.500. The van der Waals surface area contributed by atoms with Crippen molar-refractivity contribution in [2.24, 2.45) is 5.41 Å². The minimum atomic E-state index is 0.0651. The van der Waals surface area contributed by atoms with Gasteiger partial charge in [-0.1, -0.05) is 29.5 Å². The third kappa shape index (κ3) is 2.99. The summed E-state index contributed by atoms with van der Waals surface area (Å²) < 4.78 is 11.4. The number of anilines is 1. The van der Waals surface area contributed by atoms with Crippen molar-refractivity contribution < 1.29 is 14.3 Å². The molecule has 27 heavy (non-hydrogen) atoms. The number of aromatic nitrogens is 1. The molecule has 2 aromatic rings. The third-order valence-electron chi connectivity index (χ3n) is 5.67. The van der Waals surface area contributed by atoms with Gasteiger partial charge in [-0.2, -0.15) is 0 Å². The molecule has 6 nitrogen and oxygen atoms in total. The molecule has 1 spiro atoms. The van der Waals surface area contributed by atoms with Gasteiger partial charge in [0, 0.05) is 31.6 Å². The van der Waals surface area contributed by atoms with Gasteiger partial charge in [0.05, 0.1) is 25.5 Å². The number of hydrogen-bond donors (Lipinski definition) is 0. The van der Waals surface area contributed by atoms with E-state index in [4.69, 9.17) is 9.47 Å². The molecule has 7 heteroatoms. The first-order chi connectivity index (χ1) is 13.1. The van der Waals surface area contributed by atoms with Crippen molar-refractivity contribution in [3.05, 3.63) is 40.4 Å². The van der Waals surface area contributed by atoms with Gasteiger partial charge in [0.25, 0.3) is 5.91 Å². The molecule has 5 rings (SSSR count). The number of rotatable bonds is 2. The van der Waals surface area contributed by atoms with Crippen molar-refractivity contribution in [1.29, 1.82) is 0 Å². The van der Waals surface area contributed by atoms with Gasteiger partial charge < -0.3 is 19.3 Å². The zero-order valence-corrected chi connectivity index (χ0v) is 16.3. The molecule has 0 bridgehead atoms. The van der Waals surface area contributed by atoms with Crippen LogP contribution in [0, 0.1) is 12.3 Å². The molecule has 142 valence electrons. The Morgan fingerprint density at radius 1 is 1.22 bits per heavy atom. The number of benzene rings is 1. The Balaban J connectivity index is 1.28. The number of fused-ring (bicyclic) bond motifs is 1. The van der Waals surface area contributed by atoms with Gasteiger partial charge in [-0.05, 0) is 25.0 Å². The normalized spacial score (nSPS) is 20.8. The number of likely N-dealkylation sites (tertiary alicyclic amines) is 1. The van der Waals surface area contributed by atoms with Crippen LogP contribution >= 0.6 is 11.3 Å². The zero-order valence-electron chi connectivity index (χ0n) is 15.4. The van der Waals surface area contributed by atoms with E-state index in [1.165, 1.54) is 16.9 Å². The second-order valence-corrected chi connectivity index (χ2v) is 8.72.